The molecular formula is C17H19N3O4. The second kappa shape index (κ2) is 5.74. The van der Waals surface area contributed by atoms with Crippen LogP contribution in [0.5, 0.6) is 0 Å². The van der Waals surface area contributed by atoms with E-state index >= 15 is 0 Å². The molecule has 1 heterocycles. The maximum atomic E-state index is 12.3. The molecule has 1 aromatic carbocycles. The minimum atomic E-state index is -0.947. The number of hydrogen-bond acceptors (Lipinski definition) is 5. The summed E-state index contributed by atoms with van der Waals surface area (Å²) in [4.78, 5) is 27.8. The number of rotatable bonds is 5. The molecule has 0 spiro atoms. The Labute approximate surface area is 139 Å². The van der Waals surface area contributed by atoms with Crippen LogP contribution in [-0.4, -0.2) is 27.1 Å². The lowest BCUT2D eigenvalue weighted by Gasteiger charge is -2.10. The molecule has 1 aromatic heterocycles. The first-order valence-electron chi connectivity index (χ1n) is 7.74. The van der Waals surface area contributed by atoms with E-state index in [4.69, 9.17) is 9.63 Å². The average molecular weight is 329 g/mol. The van der Waals surface area contributed by atoms with E-state index in [1.165, 1.54) is 0 Å². The first-order chi connectivity index (χ1) is 11.3. The van der Waals surface area contributed by atoms with Gasteiger partial charge in [0.05, 0.1) is 11.8 Å². The Kier molecular flexibility index (Phi) is 3.87. The summed E-state index contributed by atoms with van der Waals surface area (Å²) in [5, 5.41) is 15.8. The van der Waals surface area contributed by atoms with Crippen LogP contribution < -0.4 is 5.32 Å². The lowest BCUT2D eigenvalue weighted by Crippen LogP contribution is -2.30. The van der Waals surface area contributed by atoms with Gasteiger partial charge in [0.15, 0.2) is 0 Å². The number of carboxylic acids is 1. The summed E-state index contributed by atoms with van der Waals surface area (Å²) in [7, 11) is 0. The van der Waals surface area contributed by atoms with Gasteiger partial charge in [-0.2, -0.15) is 4.98 Å². The lowest BCUT2D eigenvalue weighted by molar-refractivity contribution is -0.140. The number of benzene rings is 1. The Balaban J connectivity index is 1.68. The molecule has 126 valence electrons. The monoisotopic (exact) mass is 329 g/mol. The van der Waals surface area contributed by atoms with Crippen LogP contribution in [0.4, 0.5) is 0 Å². The molecule has 0 unspecified atom stereocenters. The highest BCUT2D eigenvalue weighted by molar-refractivity contribution is 5.91. The normalized spacial score (nSPS) is 22.6. The highest BCUT2D eigenvalue weighted by atomic mass is 16.5. The van der Waals surface area contributed by atoms with Crippen LogP contribution in [0.3, 0.4) is 0 Å². The molecule has 3 atom stereocenters. The average Bonchev–Trinajstić information content (AvgIpc) is 2.90. The van der Waals surface area contributed by atoms with E-state index in [0.717, 1.165) is 5.56 Å². The van der Waals surface area contributed by atoms with Gasteiger partial charge in [-0.05, 0) is 12.3 Å². The Bertz CT molecular complexity index is 769. The van der Waals surface area contributed by atoms with Gasteiger partial charge < -0.3 is 14.9 Å². The van der Waals surface area contributed by atoms with Crippen LogP contribution in [0.25, 0.3) is 11.4 Å². The first kappa shape index (κ1) is 16.2. The molecule has 7 nitrogen and oxygen atoms in total. The highest BCUT2D eigenvalue weighted by Gasteiger charge is 2.66. The van der Waals surface area contributed by atoms with Crippen molar-refractivity contribution in [3.05, 3.63) is 36.2 Å². The van der Waals surface area contributed by atoms with Crippen molar-refractivity contribution in [1.29, 1.82) is 0 Å². The molecule has 7 heteroatoms. The van der Waals surface area contributed by atoms with Gasteiger partial charge in [0.2, 0.25) is 17.6 Å². The summed E-state index contributed by atoms with van der Waals surface area (Å²) in [6.45, 7) is 5.28. The van der Waals surface area contributed by atoms with E-state index in [1.54, 1.807) is 20.8 Å². The fraction of sp³-hybridized carbons (Fsp3) is 0.412. The van der Waals surface area contributed by atoms with E-state index in [2.05, 4.69) is 15.5 Å². The van der Waals surface area contributed by atoms with Crippen molar-refractivity contribution < 1.29 is 19.2 Å². The Hall–Kier alpha value is -2.70. The molecule has 2 N–H and O–H groups in total. The topological polar surface area (TPSA) is 105 Å². The van der Waals surface area contributed by atoms with E-state index in [0.29, 0.717) is 5.82 Å². The number of aliphatic carboxylic acids is 1. The molecule has 0 saturated heterocycles. The van der Waals surface area contributed by atoms with Crippen molar-refractivity contribution in [2.75, 3.05) is 0 Å². The maximum absolute atomic E-state index is 12.3. The number of carbonyl (C=O) groups is 2. The maximum Gasteiger partial charge on any atom is 0.307 e. The van der Waals surface area contributed by atoms with Crippen LogP contribution in [0.1, 0.15) is 32.7 Å². The molecular weight excluding hydrogens is 310 g/mol. The SMILES string of the molecule is C[C@H](NC(=O)[C@@H]1[C@@H](C(=O)O)C1(C)C)c1nc(-c2ccccc2)no1. The second-order valence-electron chi connectivity index (χ2n) is 6.67. The lowest BCUT2D eigenvalue weighted by atomic mass is 10.1. The van der Waals surface area contributed by atoms with Gasteiger partial charge in [0.1, 0.15) is 6.04 Å². The molecule has 0 radical (unpaired) electrons. The van der Waals surface area contributed by atoms with Crippen molar-refractivity contribution in [2.45, 2.75) is 26.8 Å². The molecule has 1 saturated carbocycles. The van der Waals surface area contributed by atoms with Crippen molar-refractivity contribution >= 4 is 11.9 Å². The number of nitrogens with zero attached hydrogens (tertiary/aromatic N) is 2. The first-order valence-corrected chi connectivity index (χ1v) is 7.74. The Morgan fingerprint density at radius 1 is 1.25 bits per heavy atom. The van der Waals surface area contributed by atoms with Gasteiger partial charge in [-0.1, -0.05) is 49.3 Å². The highest BCUT2D eigenvalue weighted by Crippen LogP contribution is 2.58. The molecule has 0 bridgehead atoms. The third-order valence-corrected chi connectivity index (χ3v) is 4.58. The molecule has 1 aliphatic carbocycles. The summed E-state index contributed by atoms with van der Waals surface area (Å²) in [5.74, 6) is -1.73. The number of carbonyl (C=O) groups excluding carboxylic acids is 1. The Morgan fingerprint density at radius 2 is 1.92 bits per heavy atom. The zero-order chi connectivity index (χ0) is 17.5. The number of hydrogen-bond donors (Lipinski definition) is 2. The van der Waals surface area contributed by atoms with Gasteiger partial charge >= 0.3 is 5.97 Å². The minimum absolute atomic E-state index is 0.285. The number of carboxylic acid groups (broad SMARTS) is 1. The zero-order valence-electron chi connectivity index (χ0n) is 13.7. The third-order valence-electron chi connectivity index (χ3n) is 4.58. The minimum Gasteiger partial charge on any atom is -0.481 e. The number of amides is 1. The molecule has 2 aromatic rings. The summed E-state index contributed by atoms with van der Waals surface area (Å²) in [5.41, 5.74) is 0.278. The number of nitrogens with one attached hydrogen (secondary N) is 1. The van der Waals surface area contributed by atoms with Gasteiger partial charge in [-0.15, -0.1) is 0 Å². The van der Waals surface area contributed by atoms with Crippen LogP contribution in [-0.2, 0) is 9.59 Å². The molecule has 0 aliphatic heterocycles. The molecule has 1 fully saturated rings. The van der Waals surface area contributed by atoms with Crippen LogP contribution >= 0.6 is 0 Å². The summed E-state index contributed by atoms with van der Waals surface area (Å²) >= 11 is 0. The Morgan fingerprint density at radius 3 is 2.50 bits per heavy atom. The molecule has 1 aliphatic rings. The zero-order valence-corrected chi connectivity index (χ0v) is 13.7. The fourth-order valence-corrected chi connectivity index (χ4v) is 3.07. The van der Waals surface area contributed by atoms with Crippen LogP contribution in [0, 0.1) is 17.3 Å². The van der Waals surface area contributed by atoms with Gasteiger partial charge in [0.25, 0.3) is 0 Å². The molecule has 3 rings (SSSR count). The molecule has 24 heavy (non-hydrogen) atoms. The quantitative estimate of drug-likeness (QED) is 0.872. The summed E-state index contributed by atoms with van der Waals surface area (Å²) in [6.07, 6.45) is 0. The van der Waals surface area contributed by atoms with Crippen molar-refractivity contribution in [3.63, 3.8) is 0 Å². The second-order valence-corrected chi connectivity index (χ2v) is 6.67. The smallest absolute Gasteiger partial charge is 0.307 e. The summed E-state index contributed by atoms with van der Waals surface area (Å²) < 4.78 is 5.22. The van der Waals surface area contributed by atoms with E-state index in [9.17, 15) is 9.59 Å². The standard InChI is InChI=1S/C17H19N3O4/c1-9(18-14(21)11-12(16(22)23)17(11,2)3)15-19-13(20-24-15)10-7-5-4-6-8-10/h4-9,11-12H,1-3H3,(H,18,21)(H,22,23)/t9-,11-,12-/m0/s1. The third kappa shape index (κ3) is 2.77. The fourth-order valence-electron chi connectivity index (χ4n) is 3.07. The van der Waals surface area contributed by atoms with E-state index < -0.39 is 29.3 Å². The van der Waals surface area contributed by atoms with Crippen molar-refractivity contribution in [2.24, 2.45) is 17.3 Å². The van der Waals surface area contributed by atoms with Gasteiger partial charge in [-0.25, -0.2) is 0 Å². The predicted octanol–water partition coefficient (Wildman–Crippen LogP) is 2.27. The van der Waals surface area contributed by atoms with Crippen LogP contribution in [0.2, 0.25) is 0 Å². The molecule has 1 amide bonds. The van der Waals surface area contributed by atoms with Crippen molar-refractivity contribution in [1.82, 2.24) is 15.5 Å². The van der Waals surface area contributed by atoms with Gasteiger partial charge in [0, 0.05) is 5.56 Å². The van der Waals surface area contributed by atoms with Crippen molar-refractivity contribution in [3.8, 4) is 11.4 Å². The van der Waals surface area contributed by atoms with Gasteiger partial charge in [-0.3, -0.25) is 9.59 Å². The van der Waals surface area contributed by atoms with Crippen LogP contribution in [0.15, 0.2) is 34.9 Å². The summed E-state index contributed by atoms with van der Waals surface area (Å²) in [6, 6.07) is 8.87. The van der Waals surface area contributed by atoms with E-state index in [1.807, 2.05) is 30.3 Å². The van der Waals surface area contributed by atoms with E-state index in [-0.39, 0.29) is 11.8 Å². The largest absolute Gasteiger partial charge is 0.481 e. The number of aromatic nitrogens is 2. The predicted molar refractivity (Wildman–Crippen MR) is 84.7 cm³/mol.